The molecule has 5 N–H and O–H groups in total. The smallest absolute Gasteiger partial charge is 0.435 e. The van der Waals surface area contributed by atoms with Gasteiger partial charge in [0.2, 0.25) is 0 Å². The van der Waals surface area contributed by atoms with E-state index in [0.29, 0.717) is 87.5 Å². The molecule has 0 aliphatic heterocycles. The molecule has 132 heavy (non-hydrogen) atoms. The minimum atomic E-state index is -6.22. The van der Waals surface area contributed by atoms with E-state index in [-0.39, 0.29) is 142 Å². The number of alkyl carbamates (subject to hydrolysis) is 1. The Kier molecular flexibility index (Phi) is 36.6. The first kappa shape index (κ1) is 113. The molecule has 0 saturated carbocycles. The van der Waals surface area contributed by atoms with Crippen LogP contribution in [0, 0.1) is 78.1 Å². The van der Waals surface area contributed by atoms with E-state index in [2.05, 4.69) is 5.32 Å². The maximum Gasteiger partial charge on any atom is 0.435 e. The van der Waals surface area contributed by atoms with Crippen molar-refractivity contribution >= 4 is 46.0 Å². The van der Waals surface area contributed by atoms with Gasteiger partial charge >= 0.3 is 78.2 Å². The number of nitrogens with one attached hydrogen (secondary N) is 1. The van der Waals surface area contributed by atoms with Crippen molar-refractivity contribution in [3.63, 3.8) is 0 Å². The lowest BCUT2D eigenvalue weighted by molar-refractivity contribution is -0.349. The summed E-state index contributed by atoms with van der Waals surface area (Å²) in [6.45, 7) is 23.4. The summed E-state index contributed by atoms with van der Waals surface area (Å²) in [5, 5.41) is 19.7. The van der Waals surface area contributed by atoms with E-state index in [1.165, 1.54) is 79.7 Å². The number of amides is 1. The molecule has 0 aliphatic rings. The standard InChI is InChI=1S/C27H30F7NO3.C22H22F7NO.C22H18F7NO.C12H12F7N.C9H6ClNO/c1-7-17-12-20(25(28,26(29,30)31)27(32,33)34)11-16(3)21(17)13-22(36)18-8-9-19(15(2)10-18)14-35-23(37)38-24(4,5)6;2*1-4-14-9-17(20(23,21(24,25)26)22(27,28)29)8-13(3)18(14)10-19(31)15-5-6-16(11-30)12(2)7-15;1-3-7-5-8(4-6(2)9(7)20)10(13,11(14,15)16)12(17,18)19;1-6-4-7(9(10)12)2-3-8(6)5-11/h8-12H,7,13-14H2,1-6H3,(H,35,37);5-9H,4,10-11,30H2,1-3H3;5-9H,4,10H2,1-3H3;4-5H,3,20H2,1-2H3;2-4H,1H3. The predicted octanol–water partition coefficient (Wildman–Crippen LogP) is 26.8. The Morgan fingerprint density at radius 1 is 0.341 bits per heavy atom. The van der Waals surface area contributed by atoms with E-state index in [1.807, 2.05) is 12.1 Å². The molecule has 1 amide bonds. The highest BCUT2D eigenvalue weighted by Gasteiger charge is 2.77. The Morgan fingerprint density at radius 3 is 0.833 bits per heavy atom. The Balaban J connectivity index is 0.000000358. The molecule has 0 radical (unpaired) electrons. The monoisotopic (exact) mass is 1930 g/mol. The highest BCUT2D eigenvalue weighted by Crippen LogP contribution is 2.58. The van der Waals surface area contributed by atoms with Crippen LogP contribution < -0.4 is 16.8 Å². The minimum absolute atomic E-state index is 0.00448. The van der Waals surface area contributed by atoms with Gasteiger partial charge in [-0.05, 0) is 257 Å². The summed E-state index contributed by atoms with van der Waals surface area (Å²) in [5.74, 6) is -1.23. The molecule has 0 heterocycles. The fourth-order valence-electron chi connectivity index (χ4n) is 13.6. The topological polar surface area (TPSA) is 206 Å². The zero-order valence-corrected chi connectivity index (χ0v) is 73.6. The number of hydrogen-bond donors (Lipinski definition) is 3. The number of aryl methyl sites for hydroxylation is 12. The summed E-state index contributed by atoms with van der Waals surface area (Å²) in [6, 6.07) is 26.8. The summed E-state index contributed by atoms with van der Waals surface area (Å²) in [5.41, 5.74) is -10.4. The predicted molar refractivity (Wildman–Crippen MR) is 436 cm³/mol. The van der Waals surface area contributed by atoms with Crippen molar-refractivity contribution in [2.24, 2.45) is 5.73 Å². The van der Waals surface area contributed by atoms with Crippen LogP contribution in [0.25, 0.3) is 0 Å². The fourth-order valence-corrected chi connectivity index (χ4v) is 13.7. The molecule has 0 bridgehead atoms. The molecule has 40 heteroatoms. The molecule has 0 atom stereocenters. The van der Waals surface area contributed by atoms with Gasteiger partial charge in [0.1, 0.15) is 5.60 Å². The Bertz CT molecular complexity index is 5570. The number of carbonyl (C=O) groups is 5. The molecule has 0 aliphatic carbocycles. The highest BCUT2D eigenvalue weighted by molar-refractivity contribution is 6.67. The Morgan fingerprint density at radius 2 is 0.591 bits per heavy atom. The van der Waals surface area contributed by atoms with E-state index in [1.54, 1.807) is 97.0 Å². The molecule has 720 valence electrons. The van der Waals surface area contributed by atoms with Crippen LogP contribution in [-0.2, 0) is 85.4 Å². The number of nitrogens with zero attached hydrogens (tertiary/aromatic N) is 2. The minimum Gasteiger partial charge on any atom is -0.444 e. The van der Waals surface area contributed by atoms with Gasteiger partial charge in [-0.2, -0.15) is 116 Å². The maximum absolute atomic E-state index is 14.6. The van der Waals surface area contributed by atoms with Crippen molar-refractivity contribution in [3.8, 4) is 12.1 Å². The zero-order valence-electron chi connectivity index (χ0n) is 72.9. The van der Waals surface area contributed by atoms with Crippen LogP contribution in [0.5, 0.6) is 0 Å². The number of hydrogen-bond acceptors (Lipinski definition) is 10. The summed E-state index contributed by atoms with van der Waals surface area (Å²) in [4.78, 5) is 60.9. The molecule has 0 aromatic heterocycles. The lowest BCUT2D eigenvalue weighted by Gasteiger charge is -2.31. The second-order valence-electron chi connectivity index (χ2n) is 31.4. The van der Waals surface area contributed by atoms with Crippen LogP contribution in [0.2, 0.25) is 0 Å². The summed E-state index contributed by atoms with van der Waals surface area (Å²) < 4.78 is 375. The van der Waals surface area contributed by atoms with Crippen molar-refractivity contribution in [1.29, 1.82) is 10.5 Å². The molecule has 0 saturated heterocycles. The van der Waals surface area contributed by atoms with Crippen LogP contribution in [0.3, 0.4) is 0 Å². The quantitative estimate of drug-likeness (QED) is 0.0268. The summed E-state index contributed by atoms with van der Waals surface area (Å²) >= 11 is 5.25. The first-order valence-corrected chi connectivity index (χ1v) is 39.7. The third-order valence-electron chi connectivity index (χ3n) is 21.0. The fraction of sp³-hybridized carbons (Fsp3) is 0.402. The van der Waals surface area contributed by atoms with Gasteiger partial charge in [-0.15, -0.1) is 0 Å². The number of nitrogens with two attached hydrogens (primary N) is 2. The number of carbonyl (C=O) groups excluding carboxylic acids is 5. The first-order valence-electron chi connectivity index (χ1n) is 39.3. The van der Waals surface area contributed by atoms with E-state index in [0.717, 1.165) is 16.7 Å². The third-order valence-corrected chi connectivity index (χ3v) is 21.3. The number of benzene rings is 8. The van der Waals surface area contributed by atoms with Gasteiger partial charge in [-0.1, -0.05) is 100 Å². The van der Waals surface area contributed by atoms with E-state index in [4.69, 9.17) is 38.3 Å². The summed E-state index contributed by atoms with van der Waals surface area (Å²) in [7, 11) is 0. The Labute approximate surface area is 745 Å². The van der Waals surface area contributed by atoms with Crippen LogP contribution in [0.15, 0.2) is 121 Å². The van der Waals surface area contributed by atoms with Gasteiger partial charge in [0, 0.05) is 82.5 Å². The van der Waals surface area contributed by atoms with Gasteiger partial charge in [0.15, 0.2) is 17.3 Å². The largest absolute Gasteiger partial charge is 0.444 e. The molecule has 8 aromatic rings. The van der Waals surface area contributed by atoms with E-state index in [9.17, 15) is 147 Å². The van der Waals surface area contributed by atoms with Gasteiger partial charge < -0.3 is 21.5 Å². The second kappa shape index (κ2) is 42.8. The Hall–Kier alpha value is -11.2. The van der Waals surface area contributed by atoms with Gasteiger partial charge in [-0.3, -0.25) is 19.2 Å². The zero-order chi connectivity index (χ0) is 102. The third kappa shape index (κ3) is 25.8. The number of Topliss-reactive ketones (excluding diaryl/α,β-unsaturated/α-hetero) is 3. The molecule has 0 fully saturated rings. The number of nitrogen functional groups attached to an aromatic ring is 1. The lowest BCUT2D eigenvalue weighted by atomic mass is 9.86. The number of ketones is 3. The average Bonchev–Trinajstić information content (AvgIpc) is 0.750. The number of alkyl halides is 28. The second-order valence-corrected chi connectivity index (χ2v) is 31.7. The molecule has 8 rings (SSSR count). The van der Waals surface area contributed by atoms with Crippen LogP contribution in [-0.4, -0.2) is 83.7 Å². The molecule has 8 aromatic carbocycles. The highest BCUT2D eigenvalue weighted by atomic mass is 35.5. The molecule has 0 unspecified atom stereocenters. The van der Waals surface area contributed by atoms with Crippen molar-refractivity contribution in [2.75, 3.05) is 5.73 Å². The number of ether oxygens (including phenoxy) is 1. The number of rotatable bonds is 21. The molecular weight excluding hydrogens is 1840 g/mol. The SMILES string of the molecule is CCc1cc(C(F)(C(F)(F)F)C(F)(F)F)cc(C)c1CC(=O)c1ccc(C#N)c(C)c1.CCc1cc(C(F)(C(F)(F)F)C(F)(F)F)cc(C)c1CC(=O)c1ccc(CN)c(C)c1.CCc1cc(C(F)(C(F)(F)F)C(F)(F)F)cc(C)c1CC(=O)c1ccc(CNC(=O)OC(C)(C)C)c(C)c1.CCc1cc(C(F)(C(F)(F)F)C(F)(F)F)cc(C)c1N.Cc1cc(C(=O)Cl)ccc1C#N. The molecule has 0 spiro atoms. The van der Waals surface area contributed by atoms with Crippen LogP contribution >= 0.6 is 11.6 Å². The normalized spacial score (nSPS) is 12.6. The number of halogens is 29. The maximum atomic E-state index is 14.6. The van der Waals surface area contributed by atoms with E-state index < -0.39 is 123 Å². The molecular formula is C92H88ClF28N5O6. The van der Waals surface area contributed by atoms with Crippen molar-refractivity contribution < 1.29 is 152 Å². The van der Waals surface area contributed by atoms with E-state index >= 15 is 0 Å². The van der Waals surface area contributed by atoms with Gasteiger partial charge in [0.05, 0.1) is 23.3 Å². The molecule has 11 nitrogen and oxygen atoms in total. The summed E-state index contributed by atoms with van der Waals surface area (Å²) in [6.07, 6.45) is -50.8. The average molecular weight is 1930 g/mol. The van der Waals surface area contributed by atoms with Gasteiger partial charge in [0.25, 0.3) is 5.24 Å². The first-order chi connectivity index (χ1) is 60.0. The van der Waals surface area contributed by atoms with Crippen LogP contribution in [0.4, 0.5) is 133 Å². The van der Waals surface area contributed by atoms with Gasteiger partial charge in [-0.25, -0.2) is 22.4 Å². The number of nitriles is 2. The van der Waals surface area contributed by atoms with Crippen molar-refractivity contribution in [3.05, 3.63) is 272 Å². The number of anilines is 1. The van der Waals surface area contributed by atoms with Crippen molar-refractivity contribution in [2.45, 2.75) is 240 Å². The van der Waals surface area contributed by atoms with Crippen molar-refractivity contribution in [1.82, 2.24) is 5.32 Å². The lowest BCUT2D eigenvalue weighted by Crippen LogP contribution is -2.50. The van der Waals surface area contributed by atoms with Crippen LogP contribution in [0.1, 0.15) is 218 Å².